The van der Waals surface area contributed by atoms with Crippen molar-refractivity contribution in [1.29, 1.82) is 0 Å². The number of nitrogens with one attached hydrogen (secondary N) is 1. The van der Waals surface area contributed by atoms with Gasteiger partial charge in [-0.15, -0.1) is 0 Å². The van der Waals surface area contributed by atoms with Crippen molar-refractivity contribution in [2.45, 2.75) is 37.5 Å². The Bertz CT molecular complexity index is 638. The van der Waals surface area contributed by atoms with Gasteiger partial charge in [-0.1, -0.05) is 24.4 Å². The quantitative estimate of drug-likeness (QED) is 0.913. The highest BCUT2D eigenvalue weighted by Crippen LogP contribution is 2.27. The Morgan fingerprint density at radius 3 is 2.45 bits per heavy atom. The number of rotatable bonds is 4. The molecule has 1 N–H and O–H groups in total. The Balaban J connectivity index is 2.36. The largest absolute Gasteiger partial charge is 0.352 e. The first-order chi connectivity index (χ1) is 10.5. The molecule has 22 heavy (non-hydrogen) atoms. The summed E-state index contributed by atoms with van der Waals surface area (Å²) < 4.78 is 27.1. The van der Waals surface area contributed by atoms with Crippen molar-refractivity contribution >= 4 is 27.5 Å². The highest BCUT2D eigenvalue weighted by Gasteiger charge is 2.28. The molecular weight excluding hydrogens is 324 g/mol. The van der Waals surface area contributed by atoms with Gasteiger partial charge >= 0.3 is 0 Å². The molecule has 5 nitrogen and oxygen atoms in total. The topological polar surface area (TPSA) is 66.5 Å². The van der Waals surface area contributed by atoms with E-state index in [0.29, 0.717) is 25.2 Å². The van der Waals surface area contributed by atoms with Gasteiger partial charge in [-0.2, -0.15) is 4.31 Å². The van der Waals surface area contributed by atoms with Crippen LogP contribution in [0.5, 0.6) is 0 Å². The zero-order valence-corrected chi connectivity index (χ0v) is 14.2. The van der Waals surface area contributed by atoms with Crippen molar-refractivity contribution in [2.24, 2.45) is 0 Å². The minimum Gasteiger partial charge on any atom is -0.352 e. The van der Waals surface area contributed by atoms with Crippen LogP contribution < -0.4 is 5.32 Å². The van der Waals surface area contributed by atoms with E-state index >= 15 is 0 Å². The third-order valence-electron chi connectivity index (χ3n) is 3.71. The summed E-state index contributed by atoms with van der Waals surface area (Å²) in [5.41, 5.74) is 0.305. The predicted octanol–water partition coefficient (Wildman–Crippen LogP) is 2.65. The van der Waals surface area contributed by atoms with Crippen LogP contribution in [0.15, 0.2) is 23.1 Å². The van der Waals surface area contributed by atoms with Crippen LogP contribution >= 0.6 is 11.6 Å². The summed E-state index contributed by atoms with van der Waals surface area (Å²) in [5, 5.41) is 2.81. The third kappa shape index (κ3) is 3.80. The van der Waals surface area contributed by atoms with Gasteiger partial charge in [0.2, 0.25) is 10.0 Å². The van der Waals surface area contributed by atoms with Crippen molar-refractivity contribution in [3.05, 3.63) is 28.8 Å². The van der Waals surface area contributed by atoms with Gasteiger partial charge in [0, 0.05) is 25.2 Å². The Labute approximate surface area is 136 Å². The summed E-state index contributed by atoms with van der Waals surface area (Å²) in [6.45, 7) is 3.30. The monoisotopic (exact) mass is 344 g/mol. The van der Waals surface area contributed by atoms with Crippen molar-refractivity contribution in [2.75, 3.05) is 19.6 Å². The van der Waals surface area contributed by atoms with Crippen LogP contribution in [-0.2, 0) is 10.0 Å². The second-order valence-electron chi connectivity index (χ2n) is 5.32. The van der Waals surface area contributed by atoms with Crippen molar-refractivity contribution in [3.63, 3.8) is 0 Å². The van der Waals surface area contributed by atoms with E-state index in [4.69, 9.17) is 11.6 Å². The second kappa shape index (κ2) is 7.44. The number of amides is 1. The maximum absolute atomic E-state index is 12.8. The highest BCUT2D eigenvalue weighted by atomic mass is 35.5. The molecule has 1 amide bonds. The van der Waals surface area contributed by atoms with E-state index in [1.165, 1.54) is 22.5 Å². The maximum Gasteiger partial charge on any atom is 0.251 e. The Morgan fingerprint density at radius 1 is 1.23 bits per heavy atom. The average Bonchev–Trinajstić information content (AvgIpc) is 2.77. The Kier molecular flexibility index (Phi) is 5.83. The molecule has 0 radical (unpaired) electrons. The van der Waals surface area contributed by atoms with E-state index in [0.717, 1.165) is 25.7 Å². The van der Waals surface area contributed by atoms with Crippen LogP contribution in [0.1, 0.15) is 43.0 Å². The smallest absolute Gasteiger partial charge is 0.251 e. The lowest BCUT2D eigenvalue weighted by atomic mass is 10.2. The molecule has 2 rings (SSSR count). The number of benzene rings is 1. The third-order valence-corrected chi connectivity index (χ3v) is 6.09. The summed E-state index contributed by atoms with van der Waals surface area (Å²) in [4.78, 5) is 11.9. The second-order valence-corrected chi connectivity index (χ2v) is 7.64. The predicted molar refractivity (Wildman–Crippen MR) is 86.7 cm³/mol. The lowest BCUT2D eigenvalue weighted by Crippen LogP contribution is -2.32. The molecule has 1 aromatic carbocycles. The normalized spacial score (nSPS) is 17.0. The summed E-state index contributed by atoms with van der Waals surface area (Å²) in [7, 11) is -3.67. The zero-order valence-electron chi connectivity index (χ0n) is 12.6. The number of halogens is 1. The van der Waals surface area contributed by atoms with Crippen LogP contribution in [0.3, 0.4) is 0 Å². The van der Waals surface area contributed by atoms with Gasteiger partial charge in [0.25, 0.3) is 5.91 Å². The lowest BCUT2D eigenvalue weighted by molar-refractivity contribution is 0.0955. The van der Waals surface area contributed by atoms with Crippen molar-refractivity contribution in [1.82, 2.24) is 9.62 Å². The maximum atomic E-state index is 12.8. The van der Waals surface area contributed by atoms with E-state index < -0.39 is 10.0 Å². The Hall–Kier alpha value is -1.11. The standard InChI is InChI=1S/C15H21ClN2O3S/c1-2-17-15(19)12-7-8-13(16)14(11-12)22(20,21)18-9-5-3-4-6-10-18/h7-8,11H,2-6,9-10H2,1H3,(H,17,19). The molecule has 0 atom stereocenters. The van der Waals surface area contributed by atoms with Gasteiger partial charge < -0.3 is 5.32 Å². The van der Waals surface area contributed by atoms with Gasteiger partial charge in [-0.3, -0.25) is 4.79 Å². The fraction of sp³-hybridized carbons (Fsp3) is 0.533. The molecule has 0 unspecified atom stereocenters. The van der Waals surface area contributed by atoms with Gasteiger partial charge in [0.05, 0.1) is 5.02 Å². The van der Waals surface area contributed by atoms with Crippen LogP contribution in [0.4, 0.5) is 0 Å². The molecule has 1 fully saturated rings. The lowest BCUT2D eigenvalue weighted by Gasteiger charge is -2.21. The fourth-order valence-electron chi connectivity index (χ4n) is 2.53. The summed E-state index contributed by atoms with van der Waals surface area (Å²) in [5.74, 6) is -0.300. The van der Waals surface area contributed by atoms with Gasteiger partial charge in [-0.05, 0) is 38.0 Å². The molecular formula is C15H21ClN2O3S. The SMILES string of the molecule is CCNC(=O)c1ccc(Cl)c(S(=O)(=O)N2CCCCCC2)c1. The first-order valence-corrected chi connectivity index (χ1v) is 9.36. The Morgan fingerprint density at radius 2 is 1.86 bits per heavy atom. The van der Waals surface area contributed by atoms with Crippen LogP contribution in [0.25, 0.3) is 0 Å². The van der Waals surface area contributed by atoms with Crippen LogP contribution in [0.2, 0.25) is 5.02 Å². The molecule has 1 aromatic rings. The summed E-state index contributed by atoms with van der Waals surface area (Å²) in [6.07, 6.45) is 3.79. The van der Waals surface area contributed by atoms with E-state index in [1.807, 2.05) is 6.92 Å². The first-order valence-electron chi connectivity index (χ1n) is 7.54. The number of carbonyl (C=O) groups is 1. The number of carbonyl (C=O) groups excluding carboxylic acids is 1. The zero-order chi connectivity index (χ0) is 16.2. The number of nitrogens with zero attached hydrogens (tertiary/aromatic N) is 1. The highest BCUT2D eigenvalue weighted by molar-refractivity contribution is 7.89. The molecule has 0 spiro atoms. The van der Waals surface area contributed by atoms with Crippen molar-refractivity contribution in [3.8, 4) is 0 Å². The van der Waals surface area contributed by atoms with Crippen LogP contribution in [0, 0.1) is 0 Å². The molecule has 122 valence electrons. The van der Waals surface area contributed by atoms with Gasteiger partial charge in [0.15, 0.2) is 0 Å². The minimum atomic E-state index is -3.67. The average molecular weight is 345 g/mol. The van der Waals surface area contributed by atoms with Crippen LogP contribution in [-0.4, -0.2) is 38.3 Å². The number of hydrogen-bond donors (Lipinski definition) is 1. The molecule has 1 aliphatic heterocycles. The fourth-order valence-corrected chi connectivity index (χ4v) is 4.54. The molecule has 7 heteroatoms. The van der Waals surface area contributed by atoms with E-state index in [2.05, 4.69) is 5.32 Å². The number of sulfonamides is 1. The van der Waals surface area contributed by atoms with Crippen molar-refractivity contribution < 1.29 is 13.2 Å². The molecule has 0 saturated carbocycles. The minimum absolute atomic E-state index is 0.0137. The molecule has 0 aliphatic carbocycles. The summed E-state index contributed by atoms with van der Waals surface area (Å²) in [6, 6.07) is 4.37. The van der Waals surface area contributed by atoms with Gasteiger partial charge in [0.1, 0.15) is 4.90 Å². The molecule has 1 aliphatic rings. The molecule has 0 bridgehead atoms. The molecule has 0 aromatic heterocycles. The summed E-state index contributed by atoms with van der Waals surface area (Å²) >= 11 is 6.08. The van der Waals surface area contributed by atoms with E-state index in [1.54, 1.807) is 0 Å². The van der Waals surface area contributed by atoms with E-state index in [9.17, 15) is 13.2 Å². The molecule has 1 saturated heterocycles. The first kappa shape index (κ1) is 17.2. The number of hydrogen-bond acceptors (Lipinski definition) is 3. The van der Waals surface area contributed by atoms with E-state index in [-0.39, 0.29) is 15.8 Å². The van der Waals surface area contributed by atoms with Gasteiger partial charge in [-0.25, -0.2) is 8.42 Å². The molecule has 1 heterocycles.